The molecule has 0 fully saturated rings. The van der Waals surface area contributed by atoms with E-state index in [4.69, 9.17) is 14.5 Å². The highest BCUT2D eigenvalue weighted by molar-refractivity contribution is 14.0. The van der Waals surface area contributed by atoms with Crippen LogP contribution in [0.5, 0.6) is 11.5 Å². The number of methoxy groups -OCH3 is 1. The first-order valence-electron chi connectivity index (χ1n) is 10.5. The number of aryl methyl sites for hydroxylation is 2. The average molecular weight is 547 g/mol. The summed E-state index contributed by atoms with van der Waals surface area (Å²) < 4.78 is 11.0. The number of aromatic nitrogens is 1. The summed E-state index contributed by atoms with van der Waals surface area (Å²) in [5.74, 6) is 2.45. The van der Waals surface area contributed by atoms with Crippen molar-refractivity contribution in [1.29, 1.82) is 0 Å². The summed E-state index contributed by atoms with van der Waals surface area (Å²) in [4.78, 5) is 10.5. The van der Waals surface area contributed by atoms with Crippen LogP contribution in [-0.2, 0) is 19.3 Å². The zero-order valence-electron chi connectivity index (χ0n) is 18.5. The molecule has 0 radical (unpaired) electrons. The molecule has 8 heteroatoms. The van der Waals surface area contributed by atoms with E-state index in [0.29, 0.717) is 6.61 Å². The minimum Gasteiger partial charge on any atom is -0.493 e. The summed E-state index contributed by atoms with van der Waals surface area (Å²) in [6, 6.07) is 6.12. The highest BCUT2D eigenvalue weighted by Crippen LogP contribution is 2.28. The Labute approximate surface area is 201 Å². The van der Waals surface area contributed by atoms with Gasteiger partial charge in [-0.3, -0.25) is 4.99 Å². The zero-order valence-corrected chi connectivity index (χ0v) is 21.6. The molecule has 0 spiro atoms. The molecule has 2 N–H and O–H groups in total. The van der Waals surface area contributed by atoms with Gasteiger partial charge in [0.2, 0.25) is 0 Å². The number of nitrogens with one attached hydrogen (secondary N) is 2. The van der Waals surface area contributed by atoms with Crippen LogP contribution >= 0.6 is 35.3 Å². The molecule has 0 saturated heterocycles. The van der Waals surface area contributed by atoms with Gasteiger partial charge in [-0.05, 0) is 50.8 Å². The van der Waals surface area contributed by atoms with Crippen molar-refractivity contribution in [2.75, 3.05) is 33.4 Å². The van der Waals surface area contributed by atoms with Crippen molar-refractivity contribution in [1.82, 2.24) is 15.6 Å². The number of rotatable bonds is 12. The largest absolute Gasteiger partial charge is 0.493 e. The molecule has 0 aliphatic rings. The van der Waals surface area contributed by atoms with Gasteiger partial charge < -0.3 is 20.1 Å². The lowest BCUT2D eigenvalue weighted by molar-refractivity contribution is 0.310. The fraction of sp³-hybridized carbons (Fsp3) is 0.545. The number of nitrogens with zero attached hydrogens (tertiary/aromatic N) is 2. The highest BCUT2D eigenvalue weighted by Gasteiger charge is 2.06. The molecule has 0 saturated carbocycles. The van der Waals surface area contributed by atoms with E-state index >= 15 is 0 Å². The first-order valence-corrected chi connectivity index (χ1v) is 11.3. The molecule has 2 rings (SSSR count). The standard InChI is InChI=1S/C22H34N4O2S.HI/c1-5-18-16-26-21(29-18)12-14-25-22(23-6-2)24-13-8-9-17-10-11-19(27-4)20(15-17)28-7-3;/h10-11,15-16H,5-9,12-14H2,1-4H3,(H2,23,24,25);1H. The quantitative estimate of drug-likeness (QED) is 0.178. The number of ether oxygens (including phenoxy) is 2. The fourth-order valence-corrected chi connectivity index (χ4v) is 3.74. The Morgan fingerprint density at radius 3 is 2.63 bits per heavy atom. The maximum atomic E-state index is 5.66. The monoisotopic (exact) mass is 546 g/mol. The summed E-state index contributed by atoms with van der Waals surface area (Å²) in [6.07, 6.45) is 5.87. The van der Waals surface area contributed by atoms with Crippen LogP contribution in [0.15, 0.2) is 29.4 Å². The molecule has 0 bridgehead atoms. The predicted molar refractivity (Wildman–Crippen MR) is 137 cm³/mol. The summed E-state index contributed by atoms with van der Waals surface area (Å²) in [5.41, 5.74) is 1.23. The van der Waals surface area contributed by atoms with Crippen molar-refractivity contribution >= 4 is 41.3 Å². The van der Waals surface area contributed by atoms with Gasteiger partial charge in [0.25, 0.3) is 0 Å². The molecular formula is C22H35IN4O2S. The lowest BCUT2D eigenvalue weighted by Gasteiger charge is -2.12. The van der Waals surface area contributed by atoms with E-state index in [9.17, 15) is 0 Å². The number of thiazole rings is 1. The third-order valence-corrected chi connectivity index (χ3v) is 5.55. The van der Waals surface area contributed by atoms with Crippen molar-refractivity contribution in [3.63, 3.8) is 0 Å². The molecule has 1 aromatic carbocycles. The Morgan fingerprint density at radius 1 is 1.13 bits per heavy atom. The molecule has 168 valence electrons. The molecule has 0 unspecified atom stereocenters. The van der Waals surface area contributed by atoms with Crippen LogP contribution in [0.2, 0.25) is 0 Å². The van der Waals surface area contributed by atoms with Crippen LogP contribution in [0, 0.1) is 0 Å². The Morgan fingerprint density at radius 2 is 1.97 bits per heavy atom. The molecule has 0 aliphatic heterocycles. The molecule has 0 amide bonds. The summed E-state index contributed by atoms with van der Waals surface area (Å²) in [5, 5.41) is 7.89. The molecular weight excluding hydrogens is 511 g/mol. The van der Waals surface area contributed by atoms with Crippen LogP contribution in [0.1, 0.15) is 42.6 Å². The molecule has 1 heterocycles. The number of hydrogen-bond donors (Lipinski definition) is 2. The van der Waals surface area contributed by atoms with Crippen molar-refractivity contribution in [3.8, 4) is 11.5 Å². The van der Waals surface area contributed by atoms with Crippen LogP contribution in [0.4, 0.5) is 0 Å². The maximum Gasteiger partial charge on any atom is 0.191 e. The number of aliphatic imine (C=N–C) groups is 1. The van der Waals surface area contributed by atoms with E-state index in [0.717, 1.165) is 62.8 Å². The molecule has 1 aromatic heterocycles. The van der Waals surface area contributed by atoms with Gasteiger partial charge in [0.05, 0.1) is 18.7 Å². The Hall–Kier alpha value is -1.55. The SMILES string of the molecule is CCNC(=NCCCc1ccc(OC)c(OCC)c1)NCCc1ncc(CC)s1.I. The molecule has 0 atom stereocenters. The topological polar surface area (TPSA) is 67.8 Å². The van der Waals surface area contributed by atoms with Crippen LogP contribution in [0.25, 0.3) is 0 Å². The summed E-state index contributed by atoms with van der Waals surface area (Å²) in [6.45, 7) is 9.30. The predicted octanol–water partition coefficient (Wildman–Crippen LogP) is 4.46. The van der Waals surface area contributed by atoms with Gasteiger partial charge in [0.1, 0.15) is 0 Å². The lowest BCUT2D eigenvalue weighted by atomic mass is 10.1. The van der Waals surface area contributed by atoms with E-state index in [1.165, 1.54) is 15.4 Å². The second kappa shape index (κ2) is 15.3. The van der Waals surface area contributed by atoms with Crippen molar-refractivity contribution in [2.45, 2.75) is 46.5 Å². The zero-order chi connectivity index (χ0) is 20.9. The maximum absolute atomic E-state index is 5.66. The second-order valence-corrected chi connectivity index (χ2v) is 7.73. The second-order valence-electron chi connectivity index (χ2n) is 6.53. The Bertz CT molecular complexity index is 767. The van der Waals surface area contributed by atoms with E-state index in [1.807, 2.05) is 19.2 Å². The van der Waals surface area contributed by atoms with E-state index < -0.39 is 0 Å². The minimum atomic E-state index is 0. The fourth-order valence-electron chi connectivity index (χ4n) is 2.88. The van der Waals surface area contributed by atoms with Gasteiger partial charge in [-0.25, -0.2) is 4.98 Å². The highest BCUT2D eigenvalue weighted by atomic mass is 127. The van der Waals surface area contributed by atoms with Gasteiger partial charge in [-0.15, -0.1) is 35.3 Å². The molecule has 0 aliphatic carbocycles. The summed E-state index contributed by atoms with van der Waals surface area (Å²) in [7, 11) is 1.67. The van der Waals surface area contributed by atoms with Crippen molar-refractivity contribution < 1.29 is 9.47 Å². The third kappa shape index (κ3) is 9.07. The van der Waals surface area contributed by atoms with Crippen LogP contribution < -0.4 is 20.1 Å². The molecule has 30 heavy (non-hydrogen) atoms. The average Bonchev–Trinajstić information content (AvgIpc) is 3.19. The lowest BCUT2D eigenvalue weighted by Crippen LogP contribution is -2.38. The van der Waals surface area contributed by atoms with E-state index in [1.54, 1.807) is 18.4 Å². The van der Waals surface area contributed by atoms with E-state index in [-0.39, 0.29) is 24.0 Å². The minimum absolute atomic E-state index is 0. The number of halogens is 1. The van der Waals surface area contributed by atoms with Gasteiger partial charge >= 0.3 is 0 Å². The van der Waals surface area contributed by atoms with Crippen LogP contribution in [0.3, 0.4) is 0 Å². The smallest absolute Gasteiger partial charge is 0.191 e. The first kappa shape index (κ1) is 26.5. The number of guanidine groups is 1. The van der Waals surface area contributed by atoms with Crippen molar-refractivity contribution in [3.05, 3.63) is 39.8 Å². The molecule has 2 aromatic rings. The van der Waals surface area contributed by atoms with Gasteiger partial charge in [-0.2, -0.15) is 0 Å². The first-order chi connectivity index (χ1) is 14.2. The third-order valence-electron chi connectivity index (χ3n) is 4.35. The van der Waals surface area contributed by atoms with Crippen LogP contribution in [-0.4, -0.2) is 44.3 Å². The summed E-state index contributed by atoms with van der Waals surface area (Å²) >= 11 is 1.79. The van der Waals surface area contributed by atoms with E-state index in [2.05, 4.69) is 41.6 Å². The number of benzene rings is 1. The Kier molecular flexibility index (Phi) is 13.5. The Balaban J connectivity index is 0.00000450. The normalized spacial score (nSPS) is 11.0. The number of hydrogen-bond acceptors (Lipinski definition) is 5. The van der Waals surface area contributed by atoms with Crippen molar-refractivity contribution in [2.24, 2.45) is 4.99 Å². The van der Waals surface area contributed by atoms with Gasteiger partial charge in [0.15, 0.2) is 17.5 Å². The van der Waals surface area contributed by atoms with Gasteiger partial charge in [-0.1, -0.05) is 13.0 Å². The molecule has 6 nitrogen and oxygen atoms in total. The van der Waals surface area contributed by atoms with Gasteiger partial charge in [0, 0.05) is 37.1 Å².